The van der Waals surface area contributed by atoms with Gasteiger partial charge >= 0.3 is 0 Å². The normalized spacial score (nSPS) is 12.5. The Morgan fingerprint density at radius 1 is 1.28 bits per heavy atom. The van der Waals surface area contributed by atoms with Crippen molar-refractivity contribution in [3.05, 3.63) is 48.5 Å². The summed E-state index contributed by atoms with van der Waals surface area (Å²) < 4.78 is 7.47. The molecular formula is C13H13Br2NOS. The van der Waals surface area contributed by atoms with Gasteiger partial charge in [-0.15, -0.1) is 11.3 Å². The van der Waals surface area contributed by atoms with Gasteiger partial charge in [0.15, 0.2) is 0 Å². The predicted molar refractivity (Wildman–Crippen MR) is 83.5 cm³/mol. The average Bonchev–Trinajstić information content (AvgIpc) is 2.68. The van der Waals surface area contributed by atoms with Gasteiger partial charge in [0, 0.05) is 14.9 Å². The van der Waals surface area contributed by atoms with Crippen LogP contribution in [0.15, 0.2) is 32.5 Å². The van der Waals surface area contributed by atoms with Gasteiger partial charge in [0.05, 0.1) is 16.9 Å². The van der Waals surface area contributed by atoms with Gasteiger partial charge < -0.3 is 10.5 Å². The molecule has 1 atom stereocenters. The number of nitrogens with two attached hydrogens (primary N) is 1. The molecule has 1 unspecified atom stereocenters. The SMILES string of the molecule is COc1ccc(C)cc1C(N)c1cc(Br)c(Br)s1. The lowest BCUT2D eigenvalue weighted by Crippen LogP contribution is -2.11. The second-order valence-electron chi connectivity index (χ2n) is 3.99. The minimum absolute atomic E-state index is 0.174. The number of hydrogen-bond acceptors (Lipinski definition) is 3. The maximum Gasteiger partial charge on any atom is 0.124 e. The van der Waals surface area contributed by atoms with E-state index in [0.717, 1.165) is 24.4 Å². The van der Waals surface area contributed by atoms with Crippen molar-refractivity contribution in [2.24, 2.45) is 5.73 Å². The fraction of sp³-hybridized carbons (Fsp3) is 0.231. The van der Waals surface area contributed by atoms with Crippen LogP contribution in [0.4, 0.5) is 0 Å². The Bertz CT molecular complexity index is 549. The van der Waals surface area contributed by atoms with Crippen LogP contribution in [0.1, 0.15) is 22.0 Å². The summed E-state index contributed by atoms with van der Waals surface area (Å²) in [7, 11) is 1.67. The van der Waals surface area contributed by atoms with Crippen LogP contribution in [0.3, 0.4) is 0 Å². The van der Waals surface area contributed by atoms with E-state index in [9.17, 15) is 0 Å². The maximum absolute atomic E-state index is 6.33. The van der Waals surface area contributed by atoms with Crippen molar-refractivity contribution in [3.8, 4) is 5.75 Å². The van der Waals surface area contributed by atoms with Crippen molar-refractivity contribution in [1.82, 2.24) is 0 Å². The third-order valence-electron chi connectivity index (χ3n) is 2.69. The van der Waals surface area contributed by atoms with Crippen LogP contribution in [0, 0.1) is 6.92 Å². The minimum Gasteiger partial charge on any atom is -0.496 e. The van der Waals surface area contributed by atoms with Crippen molar-refractivity contribution in [3.63, 3.8) is 0 Å². The van der Waals surface area contributed by atoms with Gasteiger partial charge in [-0.25, -0.2) is 0 Å². The fourth-order valence-electron chi connectivity index (χ4n) is 1.77. The van der Waals surface area contributed by atoms with Crippen LogP contribution in [-0.2, 0) is 0 Å². The van der Waals surface area contributed by atoms with Gasteiger partial charge in [-0.3, -0.25) is 0 Å². The standard InChI is InChI=1S/C13H13Br2NOS/c1-7-3-4-10(17-2)8(5-7)12(16)11-6-9(14)13(15)18-11/h3-6,12H,16H2,1-2H3. The second-order valence-corrected chi connectivity index (χ2v) is 7.25. The summed E-state index contributed by atoms with van der Waals surface area (Å²) in [5.74, 6) is 0.828. The molecule has 0 bridgehead atoms. The zero-order chi connectivity index (χ0) is 13.3. The first-order valence-corrected chi connectivity index (χ1v) is 7.78. The number of hydrogen-bond donors (Lipinski definition) is 1. The minimum atomic E-state index is -0.174. The Hall–Kier alpha value is -0.360. The molecule has 0 saturated heterocycles. The molecule has 0 aliphatic heterocycles. The van der Waals surface area contributed by atoms with Crippen LogP contribution in [0.5, 0.6) is 5.75 Å². The van der Waals surface area contributed by atoms with Crippen molar-refractivity contribution in [2.45, 2.75) is 13.0 Å². The van der Waals surface area contributed by atoms with Crippen LogP contribution in [-0.4, -0.2) is 7.11 Å². The van der Waals surface area contributed by atoms with Crippen LogP contribution >= 0.6 is 43.2 Å². The molecule has 1 aromatic carbocycles. The molecule has 0 saturated carbocycles. The summed E-state index contributed by atoms with van der Waals surface area (Å²) in [5, 5.41) is 0. The highest BCUT2D eigenvalue weighted by Crippen LogP contribution is 2.38. The first-order chi connectivity index (χ1) is 8.52. The third kappa shape index (κ3) is 2.79. The van der Waals surface area contributed by atoms with E-state index in [4.69, 9.17) is 10.5 Å². The highest BCUT2D eigenvalue weighted by molar-refractivity contribution is 9.13. The first-order valence-electron chi connectivity index (χ1n) is 5.37. The first kappa shape index (κ1) is 14.1. The van der Waals surface area contributed by atoms with E-state index in [0.29, 0.717) is 0 Å². The summed E-state index contributed by atoms with van der Waals surface area (Å²) >= 11 is 8.61. The Balaban J connectivity index is 2.44. The molecule has 1 aromatic heterocycles. The summed E-state index contributed by atoms with van der Waals surface area (Å²) in [4.78, 5) is 1.10. The Labute approximate surface area is 127 Å². The lowest BCUT2D eigenvalue weighted by molar-refractivity contribution is 0.408. The number of halogens is 2. The van der Waals surface area contributed by atoms with Crippen molar-refractivity contribution < 1.29 is 4.74 Å². The van der Waals surface area contributed by atoms with E-state index < -0.39 is 0 Å². The summed E-state index contributed by atoms with van der Waals surface area (Å²) in [6.45, 7) is 2.05. The van der Waals surface area contributed by atoms with Crippen LogP contribution < -0.4 is 10.5 Å². The average molecular weight is 391 g/mol. The monoisotopic (exact) mass is 389 g/mol. The zero-order valence-corrected chi connectivity index (χ0v) is 14.0. The topological polar surface area (TPSA) is 35.2 Å². The predicted octanol–water partition coefficient (Wildman–Crippen LogP) is 4.64. The van der Waals surface area contributed by atoms with E-state index in [1.807, 2.05) is 18.2 Å². The van der Waals surface area contributed by atoms with Crippen LogP contribution in [0.2, 0.25) is 0 Å². The molecular weight excluding hydrogens is 378 g/mol. The summed E-state index contributed by atoms with van der Waals surface area (Å²) in [6, 6.07) is 7.93. The van der Waals surface area contributed by atoms with Crippen molar-refractivity contribution in [1.29, 1.82) is 0 Å². The third-order valence-corrected chi connectivity index (χ3v) is 6.03. The highest BCUT2D eigenvalue weighted by atomic mass is 79.9. The number of aryl methyl sites for hydroxylation is 1. The maximum atomic E-state index is 6.33. The van der Waals surface area contributed by atoms with E-state index in [-0.39, 0.29) is 6.04 Å². The van der Waals surface area contributed by atoms with Gasteiger partial charge in [0.25, 0.3) is 0 Å². The number of rotatable bonds is 3. The van der Waals surface area contributed by atoms with Gasteiger partial charge in [0.2, 0.25) is 0 Å². The Kier molecular flexibility index (Phi) is 4.48. The number of ether oxygens (including phenoxy) is 1. The molecule has 2 aromatic rings. The molecule has 96 valence electrons. The largest absolute Gasteiger partial charge is 0.496 e. The number of thiophene rings is 1. The lowest BCUT2D eigenvalue weighted by atomic mass is 10.0. The van der Waals surface area contributed by atoms with Crippen molar-refractivity contribution in [2.75, 3.05) is 7.11 Å². The van der Waals surface area contributed by atoms with Gasteiger partial charge in [-0.05, 0) is 50.9 Å². The van der Waals surface area contributed by atoms with Gasteiger partial charge in [-0.1, -0.05) is 17.7 Å². The molecule has 0 aliphatic carbocycles. The number of benzene rings is 1. The smallest absolute Gasteiger partial charge is 0.124 e. The molecule has 0 aliphatic rings. The zero-order valence-electron chi connectivity index (χ0n) is 10.0. The van der Waals surface area contributed by atoms with Gasteiger partial charge in [0.1, 0.15) is 5.75 Å². The van der Waals surface area contributed by atoms with Crippen LogP contribution in [0.25, 0.3) is 0 Å². The highest BCUT2D eigenvalue weighted by Gasteiger charge is 2.17. The molecule has 1 heterocycles. The molecule has 5 heteroatoms. The Morgan fingerprint density at radius 2 is 2.00 bits per heavy atom. The molecule has 0 spiro atoms. The van der Waals surface area contributed by atoms with E-state index in [2.05, 4.69) is 44.8 Å². The lowest BCUT2D eigenvalue weighted by Gasteiger charge is -2.15. The summed E-state index contributed by atoms with van der Waals surface area (Å²) in [5.41, 5.74) is 8.52. The second kappa shape index (κ2) is 5.74. The fourth-order valence-corrected chi connectivity index (χ4v) is 3.88. The van der Waals surface area contributed by atoms with E-state index in [1.54, 1.807) is 18.4 Å². The molecule has 2 N–H and O–H groups in total. The quantitative estimate of drug-likeness (QED) is 0.828. The molecule has 0 fully saturated rings. The molecule has 0 amide bonds. The number of methoxy groups -OCH3 is 1. The molecule has 18 heavy (non-hydrogen) atoms. The molecule has 2 rings (SSSR count). The van der Waals surface area contributed by atoms with E-state index >= 15 is 0 Å². The molecule has 0 radical (unpaired) electrons. The van der Waals surface area contributed by atoms with Gasteiger partial charge in [-0.2, -0.15) is 0 Å². The summed E-state index contributed by atoms with van der Waals surface area (Å²) in [6.07, 6.45) is 0. The molecule has 2 nitrogen and oxygen atoms in total. The van der Waals surface area contributed by atoms with E-state index in [1.165, 1.54) is 5.56 Å². The Morgan fingerprint density at radius 3 is 2.56 bits per heavy atom. The van der Waals surface area contributed by atoms with Crippen molar-refractivity contribution >= 4 is 43.2 Å².